The van der Waals surface area contributed by atoms with Crippen molar-refractivity contribution in [1.29, 1.82) is 0 Å². The van der Waals surface area contributed by atoms with Gasteiger partial charge in [-0.2, -0.15) is 26.3 Å². The van der Waals surface area contributed by atoms with Crippen LogP contribution < -0.4 is 4.98 Å². The molecule has 0 unspecified atom stereocenters. The highest BCUT2D eigenvalue weighted by Crippen LogP contribution is 2.40. The Hall–Kier alpha value is -1.27. The SMILES string of the molecule is Cc1c[nH+]cc(C(F)(F)F)c1C(F)(F)F. The fourth-order valence-corrected chi connectivity index (χ4v) is 1.21. The zero-order valence-electron chi connectivity index (χ0n) is 7.42. The number of halogens is 6. The van der Waals surface area contributed by atoms with E-state index in [0.717, 1.165) is 13.1 Å². The third-order valence-corrected chi connectivity index (χ3v) is 1.78. The highest BCUT2D eigenvalue weighted by Gasteiger charge is 2.46. The monoisotopic (exact) mass is 230 g/mol. The Labute approximate surface area is 80.7 Å². The standard InChI is InChI=1S/C8H5F6N/c1-4-2-15-3-5(7(9,10)11)6(4)8(12,13)14/h2-3H,1H3/p+1. The van der Waals surface area contributed by atoms with Gasteiger partial charge in [-0.1, -0.05) is 0 Å². The van der Waals surface area contributed by atoms with Gasteiger partial charge in [0.25, 0.3) is 0 Å². The lowest BCUT2D eigenvalue weighted by Gasteiger charge is -2.14. The number of rotatable bonds is 0. The molecule has 1 aromatic rings. The highest BCUT2D eigenvalue weighted by molar-refractivity contribution is 5.33. The van der Waals surface area contributed by atoms with E-state index in [1.165, 1.54) is 0 Å². The maximum absolute atomic E-state index is 12.3. The third-order valence-electron chi connectivity index (χ3n) is 1.78. The molecule has 0 fully saturated rings. The van der Waals surface area contributed by atoms with E-state index < -0.39 is 29.0 Å². The van der Waals surface area contributed by atoms with E-state index in [1.54, 1.807) is 0 Å². The lowest BCUT2D eigenvalue weighted by molar-refractivity contribution is -0.382. The van der Waals surface area contributed by atoms with Crippen molar-refractivity contribution in [1.82, 2.24) is 0 Å². The predicted molar refractivity (Wildman–Crippen MR) is 37.7 cm³/mol. The van der Waals surface area contributed by atoms with Crippen LogP contribution in [0.1, 0.15) is 16.7 Å². The van der Waals surface area contributed by atoms with Gasteiger partial charge in [-0.15, -0.1) is 0 Å². The van der Waals surface area contributed by atoms with Gasteiger partial charge in [0.15, 0.2) is 12.4 Å². The molecule has 1 aromatic heterocycles. The minimum atomic E-state index is -5.02. The van der Waals surface area contributed by atoms with Crippen molar-refractivity contribution in [2.45, 2.75) is 19.3 Å². The minimum Gasteiger partial charge on any atom is -0.217 e. The summed E-state index contributed by atoms with van der Waals surface area (Å²) in [5.41, 5.74) is -3.83. The van der Waals surface area contributed by atoms with Crippen molar-refractivity contribution in [2.75, 3.05) is 0 Å². The Morgan fingerprint density at radius 3 is 1.80 bits per heavy atom. The summed E-state index contributed by atoms with van der Waals surface area (Å²) >= 11 is 0. The van der Waals surface area contributed by atoms with Gasteiger partial charge in [0.1, 0.15) is 5.56 Å². The smallest absolute Gasteiger partial charge is 0.217 e. The summed E-state index contributed by atoms with van der Waals surface area (Å²) in [6, 6.07) is 0. The number of nitrogens with one attached hydrogen (secondary N) is 1. The van der Waals surface area contributed by atoms with Gasteiger partial charge < -0.3 is 0 Å². The van der Waals surface area contributed by atoms with Crippen LogP contribution in [0.3, 0.4) is 0 Å². The average Bonchev–Trinajstić information content (AvgIpc) is 1.99. The number of aromatic nitrogens is 1. The zero-order chi connectivity index (χ0) is 11.9. The molecule has 0 radical (unpaired) electrons. The number of aryl methyl sites for hydroxylation is 1. The maximum atomic E-state index is 12.3. The molecule has 1 nitrogen and oxygen atoms in total. The first kappa shape index (κ1) is 11.8. The van der Waals surface area contributed by atoms with Crippen molar-refractivity contribution in [3.05, 3.63) is 29.1 Å². The van der Waals surface area contributed by atoms with Crippen molar-refractivity contribution >= 4 is 0 Å². The van der Waals surface area contributed by atoms with Crippen molar-refractivity contribution in [3.63, 3.8) is 0 Å². The van der Waals surface area contributed by atoms with Gasteiger partial charge in [0.2, 0.25) is 0 Å². The van der Waals surface area contributed by atoms with Gasteiger partial charge in [-0.25, -0.2) is 4.98 Å². The van der Waals surface area contributed by atoms with Crippen LogP contribution in [-0.2, 0) is 12.4 Å². The van der Waals surface area contributed by atoms with Crippen LogP contribution in [0.5, 0.6) is 0 Å². The van der Waals surface area contributed by atoms with Crippen molar-refractivity contribution < 1.29 is 31.3 Å². The van der Waals surface area contributed by atoms with Crippen LogP contribution in [0, 0.1) is 6.92 Å². The van der Waals surface area contributed by atoms with Gasteiger partial charge in [-0.3, -0.25) is 0 Å². The summed E-state index contributed by atoms with van der Waals surface area (Å²) in [4.78, 5) is 2.03. The Kier molecular flexibility index (Phi) is 2.67. The fourth-order valence-electron chi connectivity index (χ4n) is 1.21. The fraction of sp³-hybridized carbons (Fsp3) is 0.375. The summed E-state index contributed by atoms with van der Waals surface area (Å²) in [7, 11) is 0. The largest absolute Gasteiger partial charge is 0.422 e. The molecule has 1 N–H and O–H groups in total. The maximum Gasteiger partial charge on any atom is 0.422 e. The summed E-state index contributed by atoms with van der Waals surface area (Å²) < 4.78 is 73.7. The Bertz CT molecular complexity index is 364. The Morgan fingerprint density at radius 2 is 1.47 bits per heavy atom. The van der Waals surface area contributed by atoms with Gasteiger partial charge in [0, 0.05) is 5.56 Å². The third kappa shape index (κ3) is 2.40. The topological polar surface area (TPSA) is 14.1 Å². The number of hydrogen-bond donors (Lipinski definition) is 0. The van der Waals surface area contributed by atoms with E-state index in [-0.39, 0.29) is 0 Å². The van der Waals surface area contributed by atoms with Crippen molar-refractivity contribution in [2.24, 2.45) is 0 Å². The van der Waals surface area contributed by atoms with E-state index in [0.29, 0.717) is 6.20 Å². The molecule has 7 heteroatoms. The second-order valence-electron chi connectivity index (χ2n) is 2.92. The highest BCUT2D eigenvalue weighted by atomic mass is 19.4. The number of H-pyrrole nitrogens is 1. The van der Waals surface area contributed by atoms with E-state index >= 15 is 0 Å². The molecular formula is C8H6F6N+. The van der Waals surface area contributed by atoms with E-state index in [1.807, 2.05) is 4.98 Å². The van der Waals surface area contributed by atoms with Crippen LogP contribution in [0.2, 0.25) is 0 Å². The summed E-state index contributed by atoms with van der Waals surface area (Å²) in [6.45, 7) is 0.967. The van der Waals surface area contributed by atoms with Gasteiger partial charge in [-0.05, 0) is 6.92 Å². The molecule has 84 valence electrons. The summed E-state index contributed by atoms with van der Waals surface area (Å²) in [6.07, 6.45) is -8.86. The molecule has 1 heterocycles. The van der Waals surface area contributed by atoms with Crippen LogP contribution in [-0.4, -0.2) is 0 Å². The molecule has 0 amide bonds. The van der Waals surface area contributed by atoms with Crippen LogP contribution in [0.4, 0.5) is 26.3 Å². The first-order chi connectivity index (χ1) is 6.64. The van der Waals surface area contributed by atoms with E-state index in [9.17, 15) is 26.3 Å². The van der Waals surface area contributed by atoms with Gasteiger partial charge in [0.05, 0.1) is 5.56 Å². The first-order valence-electron chi connectivity index (χ1n) is 3.79. The number of alkyl halides is 6. The Morgan fingerprint density at radius 1 is 0.933 bits per heavy atom. The minimum absolute atomic E-state index is 0.301. The van der Waals surface area contributed by atoms with Gasteiger partial charge >= 0.3 is 12.4 Å². The normalized spacial score (nSPS) is 13.0. The molecule has 0 bridgehead atoms. The second kappa shape index (κ2) is 3.39. The van der Waals surface area contributed by atoms with Crippen LogP contribution >= 0.6 is 0 Å². The first-order valence-corrected chi connectivity index (χ1v) is 3.79. The molecule has 0 aliphatic heterocycles. The number of pyridine rings is 1. The second-order valence-corrected chi connectivity index (χ2v) is 2.92. The molecule has 0 atom stereocenters. The van der Waals surface area contributed by atoms with Crippen LogP contribution in [0.15, 0.2) is 12.4 Å². The predicted octanol–water partition coefficient (Wildman–Crippen LogP) is 2.85. The van der Waals surface area contributed by atoms with E-state index in [4.69, 9.17) is 0 Å². The lowest BCUT2D eigenvalue weighted by Crippen LogP contribution is -2.22. The van der Waals surface area contributed by atoms with E-state index in [2.05, 4.69) is 0 Å². The molecule has 0 saturated carbocycles. The molecule has 0 spiro atoms. The lowest BCUT2D eigenvalue weighted by atomic mass is 10.0. The molecule has 15 heavy (non-hydrogen) atoms. The summed E-state index contributed by atoms with van der Waals surface area (Å²) in [5.74, 6) is 0. The molecule has 0 aliphatic rings. The Balaban J connectivity index is 3.48. The molecule has 0 saturated heterocycles. The molecule has 0 aromatic carbocycles. The van der Waals surface area contributed by atoms with Crippen molar-refractivity contribution in [3.8, 4) is 0 Å². The molecule has 1 rings (SSSR count). The summed E-state index contributed by atoms with van der Waals surface area (Å²) in [5, 5.41) is 0. The number of aromatic amines is 1. The quantitative estimate of drug-likeness (QED) is 0.608. The van der Waals surface area contributed by atoms with Crippen LogP contribution in [0.25, 0.3) is 0 Å². The average molecular weight is 230 g/mol. The number of hydrogen-bond acceptors (Lipinski definition) is 0. The molecular weight excluding hydrogens is 224 g/mol. The molecule has 0 aliphatic carbocycles. The zero-order valence-corrected chi connectivity index (χ0v) is 7.42.